The number of hydrogen-bond acceptors (Lipinski definition) is 3. The van der Waals surface area contributed by atoms with E-state index < -0.39 is 0 Å². The summed E-state index contributed by atoms with van der Waals surface area (Å²) in [6, 6.07) is -0.135. The Bertz CT molecular complexity index is 185. The van der Waals surface area contributed by atoms with Crippen LogP contribution in [-0.4, -0.2) is 36.5 Å². The minimum absolute atomic E-state index is 0.0261. The van der Waals surface area contributed by atoms with Crippen LogP contribution in [0.2, 0.25) is 0 Å². The van der Waals surface area contributed by atoms with E-state index in [1.807, 2.05) is 6.92 Å². The lowest BCUT2D eigenvalue weighted by Gasteiger charge is -2.15. The van der Waals surface area contributed by atoms with E-state index in [1.165, 1.54) is 0 Å². The van der Waals surface area contributed by atoms with Crippen LogP contribution in [0, 0.1) is 0 Å². The first-order chi connectivity index (χ1) is 6.61. The lowest BCUT2D eigenvalue weighted by Crippen LogP contribution is -2.44. The molecule has 1 amide bonds. The molecule has 0 bridgehead atoms. The van der Waals surface area contributed by atoms with Gasteiger partial charge in [-0.1, -0.05) is 13.0 Å². The van der Waals surface area contributed by atoms with Gasteiger partial charge in [0.25, 0.3) is 0 Å². The number of amides is 1. The third kappa shape index (κ3) is 6.05. The Labute approximate surface area is 90.7 Å². The molecule has 0 radical (unpaired) electrons. The smallest absolute Gasteiger partial charge is 0.237 e. The summed E-state index contributed by atoms with van der Waals surface area (Å²) in [7, 11) is 0. The van der Waals surface area contributed by atoms with E-state index in [9.17, 15) is 4.79 Å². The maximum Gasteiger partial charge on any atom is 0.237 e. The lowest BCUT2D eigenvalue weighted by atomic mass is 10.3. The zero-order valence-electron chi connectivity index (χ0n) is 9.17. The van der Waals surface area contributed by atoms with Gasteiger partial charge >= 0.3 is 0 Å². The highest BCUT2D eigenvalue weighted by molar-refractivity contribution is 7.99. The van der Waals surface area contributed by atoms with Gasteiger partial charge in [0.2, 0.25) is 5.91 Å². The van der Waals surface area contributed by atoms with Crippen LogP contribution in [-0.2, 0) is 4.79 Å². The molecule has 0 aromatic rings. The molecule has 0 rings (SSSR count). The van der Waals surface area contributed by atoms with Crippen LogP contribution in [0.25, 0.3) is 0 Å². The normalized spacial score (nSPS) is 14.5. The van der Waals surface area contributed by atoms with E-state index in [4.69, 9.17) is 0 Å². The fraction of sp³-hybridized carbons (Fsp3) is 0.700. The first-order valence-corrected chi connectivity index (χ1v) is 6.05. The molecule has 0 heterocycles. The highest BCUT2D eigenvalue weighted by Crippen LogP contribution is 2.02. The topological polar surface area (TPSA) is 41.1 Å². The fourth-order valence-corrected chi connectivity index (χ4v) is 1.11. The molecule has 3 nitrogen and oxygen atoms in total. The summed E-state index contributed by atoms with van der Waals surface area (Å²) in [6.45, 7) is 8.92. The molecule has 0 aliphatic carbocycles. The largest absolute Gasteiger partial charge is 0.351 e. The Morgan fingerprint density at radius 1 is 1.57 bits per heavy atom. The molecule has 0 aliphatic rings. The molecule has 0 aromatic heterocycles. The first kappa shape index (κ1) is 13.5. The summed E-state index contributed by atoms with van der Waals surface area (Å²) in [6.07, 6.45) is 3.74. The Morgan fingerprint density at radius 2 is 2.21 bits per heavy atom. The number of hydrogen-bond donors (Lipinski definition) is 2. The zero-order chi connectivity index (χ0) is 11.0. The molecular formula is C10H20N2OS. The summed E-state index contributed by atoms with van der Waals surface area (Å²) in [5, 5.41) is 6.45. The maximum absolute atomic E-state index is 11.4. The van der Waals surface area contributed by atoms with Gasteiger partial charge in [-0.05, 0) is 13.2 Å². The van der Waals surface area contributed by atoms with E-state index in [0.29, 0.717) is 11.8 Å². The maximum atomic E-state index is 11.4. The van der Waals surface area contributed by atoms with Gasteiger partial charge in [0, 0.05) is 18.3 Å². The van der Waals surface area contributed by atoms with Crippen molar-refractivity contribution >= 4 is 17.7 Å². The number of nitrogens with one attached hydrogen (secondary N) is 2. The highest BCUT2D eigenvalue weighted by Gasteiger charge is 2.11. The van der Waals surface area contributed by atoms with Crippen molar-refractivity contribution in [1.29, 1.82) is 0 Å². The number of thioether (sulfide) groups is 1. The van der Waals surface area contributed by atoms with Crippen molar-refractivity contribution in [3.05, 3.63) is 12.7 Å². The van der Waals surface area contributed by atoms with Gasteiger partial charge in [0.05, 0.1) is 6.04 Å². The summed E-state index contributed by atoms with van der Waals surface area (Å²) in [4.78, 5) is 11.4. The lowest BCUT2D eigenvalue weighted by molar-refractivity contribution is -0.122. The average Bonchev–Trinajstić information content (AvgIpc) is 2.21. The molecule has 0 saturated heterocycles. The number of rotatable bonds is 7. The predicted octanol–water partition coefficient (Wildman–Crippen LogP) is 1.02. The number of carbonyl (C=O) groups is 1. The highest BCUT2D eigenvalue weighted by atomic mass is 32.2. The van der Waals surface area contributed by atoms with Crippen molar-refractivity contribution < 1.29 is 4.79 Å². The molecular weight excluding hydrogens is 196 g/mol. The molecule has 14 heavy (non-hydrogen) atoms. The summed E-state index contributed by atoms with van der Waals surface area (Å²) in [5.74, 6) is 0.0261. The minimum Gasteiger partial charge on any atom is -0.351 e. The van der Waals surface area contributed by atoms with E-state index in [2.05, 4.69) is 30.4 Å². The fourth-order valence-electron chi connectivity index (χ4n) is 0.845. The van der Waals surface area contributed by atoms with Gasteiger partial charge in [-0.25, -0.2) is 0 Å². The van der Waals surface area contributed by atoms with E-state index in [0.717, 1.165) is 6.54 Å². The van der Waals surface area contributed by atoms with Crippen LogP contribution in [0.1, 0.15) is 13.8 Å². The Morgan fingerprint density at radius 3 is 2.71 bits per heavy atom. The zero-order valence-corrected chi connectivity index (χ0v) is 9.99. The van der Waals surface area contributed by atoms with Crippen molar-refractivity contribution in [2.75, 3.05) is 19.3 Å². The average molecular weight is 216 g/mol. The molecule has 2 unspecified atom stereocenters. The SMILES string of the molecule is C=CCNC(=O)C(C)NCC(C)SC. The van der Waals surface area contributed by atoms with E-state index >= 15 is 0 Å². The van der Waals surface area contributed by atoms with Crippen molar-refractivity contribution in [1.82, 2.24) is 10.6 Å². The van der Waals surface area contributed by atoms with Crippen LogP contribution >= 0.6 is 11.8 Å². The molecule has 0 fully saturated rings. The Kier molecular flexibility index (Phi) is 7.61. The number of carbonyl (C=O) groups excluding carboxylic acids is 1. The van der Waals surface area contributed by atoms with Crippen LogP contribution < -0.4 is 10.6 Å². The van der Waals surface area contributed by atoms with Gasteiger partial charge in [0.1, 0.15) is 0 Å². The standard InChI is InChI=1S/C10H20N2OS/c1-5-6-11-10(13)9(3)12-7-8(2)14-4/h5,8-9,12H,1,6-7H2,2-4H3,(H,11,13). The van der Waals surface area contributed by atoms with Gasteiger partial charge < -0.3 is 10.6 Å². The van der Waals surface area contributed by atoms with Gasteiger partial charge in [-0.2, -0.15) is 11.8 Å². The van der Waals surface area contributed by atoms with Crippen LogP contribution in [0.5, 0.6) is 0 Å². The van der Waals surface area contributed by atoms with Gasteiger partial charge in [-0.3, -0.25) is 4.79 Å². The summed E-state index contributed by atoms with van der Waals surface area (Å²) in [5.41, 5.74) is 0. The summed E-state index contributed by atoms with van der Waals surface area (Å²) >= 11 is 1.79. The third-order valence-corrected chi connectivity index (χ3v) is 2.90. The van der Waals surface area contributed by atoms with Crippen molar-refractivity contribution in [2.24, 2.45) is 0 Å². The second-order valence-electron chi connectivity index (χ2n) is 3.21. The Balaban J connectivity index is 3.66. The van der Waals surface area contributed by atoms with Crippen molar-refractivity contribution in [2.45, 2.75) is 25.1 Å². The minimum atomic E-state index is -0.135. The third-order valence-electron chi connectivity index (χ3n) is 1.93. The molecule has 0 aromatic carbocycles. The second kappa shape index (κ2) is 7.88. The Hall–Kier alpha value is -0.480. The molecule has 0 saturated carbocycles. The predicted molar refractivity (Wildman–Crippen MR) is 63.6 cm³/mol. The molecule has 82 valence electrons. The molecule has 2 N–H and O–H groups in total. The second-order valence-corrected chi connectivity index (χ2v) is 4.49. The van der Waals surface area contributed by atoms with E-state index in [1.54, 1.807) is 17.8 Å². The van der Waals surface area contributed by atoms with Gasteiger partial charge in [0.15, 0.2) is 0 Å². The van der Waals surface area contributed by atoms with Crippen LogP contribution in [0.4, 0.5) is 0 Å². The van der Waals surface area contributed by atoms with Gasteiger partial charge in [-0.15, -0.1) is 6.58 Å². The molecule has 0 spiro atoms. The van der Waals surface area contributed by atoms with E-state index in [-0.39, 0.29) is 11.9 Å². The van der Waals surface area contributed by atoms with Crippen LogP contribution in [0.15, 0.2) is 12.7 Å². The van der Waals surface area contributed by atoms with Crippen molar-refractivity contribution in [3.8, 4) is 0 Å². The first-order valence-electron chi connectivity index (χ1n) is 4.76. The quantitative estimate of drug-likeness (QED) is 0.624. The van der Waals surface area contributed by atoms with Crippen LogP contribution in [0.3, 0.4) is 0 Å². The van der Waals surface area contributed by atoms with Crippen molar-refractivity contribution in [3.63, 3.8) is 0 Å². The molecule has 0 aliphatic heterocycles. The monoisotopic (exact) mass is 216 g/mol. The molecule has 2 atom stereocenters. The summed E-state index contributed by atoms with van der Waals surface area (Å²) < 4.78 is 0. The molecule has 4 heteroatoms.